The van der Waals surface area contributed by atoms with Crippen LogP contribution in [0.2, 0.25) is 0 Å². The minimum atomic E-state index is 0.356. The van der Waals surface area contributed by atoms with Crippen LogP contribution >= 0.6 is 0 Å². The number of aromatic nitrogens is 3. The Kier molecular flexibility index (Phi) is 7.59. The lowest BCUT2D eigenvalue weighted by atomic mass is 9.98. The quantitative estimate of drug-likeness (QED) is 0.175. The van der Waals surface area contributed by atoms with Gasteiger partial charge in [-0.3, -0.25) is 0 Å². The van der Waals surface area contributed by atoms with E-state index in [1.54, 1.807) is 6.07 Å². The van der Waals surface area contributed by atoms with Crippen LogP contribution in [0.3, 0.4) is 0 Å². The van der Waals surface area contributed by atoms with E-state index < -0.39 is 0 Å². The maximum Gasteiger partial charge on any atom is 0.103 e. The summed E-state index contributed by atoms with van der Waals surface area (Å²) in [6.07, 6.45) is 0. The molecule has 0 unspecified atom stereocenters. The van der Waals surface area contributed by atoms with Crippen LogP contribution < -0.4 is 0 Å². The Hall–Kier alpha value is -8.64. The molecule has 61 heavy (non-hydrogen) atoms. The molecule has 0 atom stereocenters. The normalized spacial score (nSPS) is 11.6. The predicted molar refractivity (Wildman–Crippen MR) is 250 cm³/mol. The van der Waals surface area contributed by atoms with Crippen molar-refractivity contribution in [2.75, 3.05) is 0 Å². The summed E-state index contributed by atoms with van der Waals surface area (Å²) < 4.78 is 6.82. The smallest absolute Gasteiger partial charge is 0.103 e. The van der Waals surface area contributed by atoms with E-state index in [-0.39, 0.29) is 0 Å². The Balaban J connectivity index is 1.08. The van der Waals surface area contributed by atoms with Crippen LogP contribution in [-0.4, -0.2) is 13.7 Å². The summed E-state index contributed by atoms with van der Waals surface area (Å²) in [5.41, 5.74) is 14.7. The van der Waals surface area contributed by atoms with Gasteiger partial charge in [0, 0.05) is 43.7 Å². The summed E-state index contributed by atoms with van der Waals surface area (Å²) in [5, 5.41) is 27.4. The van der Waals surface area contributed by atoms with E-state index >= 15 is 0 Å². The highest BCUT2D eigenvalue weighted by Gasteiger charge is 2.20. The summed E-state index contributed by atoms with van der Waals surface area (Å²) >= 11 is 0. The number of hydrogen-bond acceptors (Lipinski definition) is 2. The summed E-state index contributed by atoms with van der Waals surface area (Å²) in [6.45, 7) is 0. The van der Waals surface area contributed by atoms with Crippen molar-refractivity contribution in [2.24, 2.45) is 0 Å². The molecular formula is C56H33N5. The first-order valence-corrected chi connectivity index (χ1v) is 20.4. The number of benzene rings is 9. The van der Waals surface area contributed by atoms with Gasteiger partial charge in [-0.2, -0.15) is 10.5 Å². The van der Waals surface area contributed by atoms with Crippen molar-refractivity contribution >= 4 is 65.4 Å². The highest BCUT2D eigenvalue weighted by molar-refractivity contribution is 6.14. The molecule has 12 aromatic rings. The number of nitriles is 2. The summed E-state index contributed by atoms with van der Waals surface area (Å²) in [4.78, 5) is 0. The Morgan fingerprint density at radius 3 is 1.10 bits per heavy atom. The van der Waals surface area contributed by atoms with Gasteiger partial charge in [-0.15, -0.1) is 0 Å². The Bertz CT molecular complexity index is 3620. The molecule has 0 amide bonds. The third-order valence-corrected chi connectivity index (χ3v) is 12.3. The van der Waals surface area contributed by atoms with Crippen molar-refractivity contribution in [1.82, 2.24) is 13.7 Å². The van der Waals surface area contributed by atoms with Crippen LogP contribution in [0.5, 0.6) is 0 Å². The first kappa shape index (κ1) is 34.4. The van der Waals surface area contributed by atoms with Crippen molar-refractivity contribution in [3.8, 4) is 51.5 Å². The first-order chi connectivity index (χ1) is 30.2. The van der Waals surface area contributed by atoms with Gasteiger partial charge < -0.3 is 13.7 Å². The van der Waals surface area contributed by atoms with E-state index in [4.69, 9.17) is 0 Å². The van der Waals surface area contributed by atoms with E-state index in [0.717, 1.165) is 66.5 Å². The zero-order valence-corrected chi connectivity index (χ0v) is 32.8. The van der Waals surface area contributed by atoms with Crippen LogP contribution in [-0.2, 0) is 0 Å². The predicted octanol–water partition coefficient (Wildman–Crippen LogP) is 14.1. The molecule has 0 radical (unpaired) electrons. The molecule has 0 aliphatic carbocycles. The largest absolute Gasteiger partial charge is 0.309 e. The molecule has 3 aromatic heterocycles. The first-order valence-electron chi connectivity index (χ1n) is 20.4. The fourth-order valence-corrected chi connectivity index (χ4v) is 9.59. The number of para-hydroxylation sites is 4. The van der Waals surface area contributed by atoms with Crippen LogP contribution in [0.25, 0.3) is 105 Å². The van der Waals surface area contributed by atoms with Crippen LogP contribution in [0.4, 0.5) is 0 Å². The second-order valence-electron chi connectivity index (χ2n) is 15.6. The van der Waals surface area contributed by atoms with Gasteiger partial charge in [0.25, 0.3) is 0 Å². The van der Waals surface area contributed by atoms with Gasteiger partial charge in [0.1, 0.15) is 12.1 Å². The van der Waals surface area contributed by atoms with E-state index in [2.05, 4.69) is 208 Å². The molecular weight excluding hydrogens is 743 g/mol. The number of hydrogen-bond donors (Lipinski definition) is 0. The molecule has 0 N–H and O–H groups in total. The summed E-state index contributed by atoms with van der Waals surface area (Å²) in [5.74, 6) is 0. The number of nitrogens with zero attached hydrogens (tertiary/aromatic N) is 5. The number of rotatable bonds is 5. The van der Waals surface area contributed by atoms with Crippen molar-refractivity contribution in [2.45, 2.75) is 0 Å². The van der Waals surface area contributed by atoms with Gasteiger partial charge in [0.05, 0.1) is 49.9 Å². The third kappa shape index (κ3) is 5.18. The summed E-state index contributed by atoms with van der Waals surface area (Å²) in [7, 11) is 0. The monoisotopic (exact) mass is 775 g/mol. The maximum absolute atomic E-state index is 10.4. The highest BCUT2D eigenvalue weighted by Crippen LogP contribution is 2.41. The molecule has 0 saturated carbocycles. The molecule has 282 valence electrons. The molecule has 3 heterocycles. The van der Waals surface area contributed by atoms with Crippen molar-refractivity contribution in [3.63, 3.8) is 0 Å². The average molecular weight is 776 g/mol. The van der Waals surface area contributed by atoms with Crippen LogP contribution in [0.15, 0.2) is 200 Å². The number of fused-ring (bicyclic) bond motifs is 9. The van der Waals surface area contributed by atoms with Gasteiger partial charge in [-0.25, -0.2) is 0 Å². The molecule has 0 aliphatic heterocycles. The SMILES string of the molecule is N#Cc1cccc(-n2c3ccc(-c4ccc5c(c4)c4ccccc4n5-c4ccccc4)cc3c3cc(-c4ccc5c(c4)c4ccccc4n5-c4ccccc4)ccc32)c1C#N. The van der Waals surface area contributed by atoms with E-state index in [0.29, 0.717) is 16.8 Å². The van der Waals surface area contributed by atoms with Gasteiger partial charge in [-0.1, -0.05) is 103 Å². The molecule has 9 aromatic carbocycles. The van der Waals surface area contributed by atoms with E-state index in [1.165, 1.54) is 32.6 Å². The van der Waals surface area contributed by atoms with Crippen molar-refractivity contribution < 1.29 is 0 Å². The highest BCUT2D eigenvalue weighted by atomic mass is 15.0. The zero-order chi connectivity index (χ0) is 40.6. The third-order valence-electron chi connectivity index (χ3n) is 12.3. The van der Waals surface area contributed by atoms with Gasteiger partial charge in [0.2, 0.25) is 0 Å². The standard InChI is InChI=1S/C56H33N5/c57-34-40-12-11-21-52(49(40)35-58)61-55-28-24-38(36-22-26-53-45(30-36)43-17-7-9-19-50(43)59(53)41-13-3-1-4-14-41)32-47(55)48-33-39(25-29-56(48)61)37-23-27-54-46(31-37)44-18-8-10-20-51(44)60(54)42-15-5-2-6-16-42/h1-33H. The molecule has 0 spiro atoms. The minimum absolute atomic E-state index is 0.356. The fourth-order valence-electron chi connectivity index (χ4n) is 9.59. The van der Waals surface area contributed by atoms with Gasteiger partial charge >= 0.3 is 0 Å². The zero-order valence-electron chi connectivity index (χ0n) is 32.8. The molecule has 5 heteroatoms. The molecule has 0 saturated heterocycles. The average Bonchev–Trinajstić information content (AvgIpc) is 3.96. The minimum Gasteiger partial charge on any atom is -0.309 e. The maximum atomic E-state index is 10.4. The molecule has 0 fully saturated rings. The molecule has 0 aliphatic rings. The molecule has 0 bridgehead atoms. The second-order valence-corrected chi connectivity index (χ2v) is 15.6. The van der Waals surface area contributed by atoms with Crippen LogP contribution in [0.1, 0.15) is 11.1 Å². The van der Waals surface area contributed by atoms with Crippen molar-refractivity contribution in [1.29, 1.82) is 10.5 Å². The molecule has 5 nitrogen and oxygen atoms in total. The Morgan fingerprint density at radius 1 is 0.295 bits per heavy atom. The lowest BCUT2D eigenvalue weighted by Gasteiger charge is -2.11. The summed E-state index contributed by atoms with van der Waals surface area (Å²) in [6, 6.07) is 75.2. The van der Waals surface area contributed by atoms with Gasteiger partial charge in [0.15, 0.2) is 0 Å². The Labute approximate surface area is 351 Å². The Morgan fingerprint density at radius 2 is 0.672 bits per heavy atom. The fraction of sp³-hybridized carbons (Fsp3) is 0. The lowest BCUT2D eigenvalue weighted by molar-refractivity contribution is 1.16. The van der Waals surface area contributed by atoms with E-state index in [1.807, 2.05) is 12.1 Å². The lowest BCUT2D eigenvalue weighted by Crippen LogP contribution is -1.99. The molecule has 12 rings (SSSR count). The second kappa shape index (κ2) is 13.5. The van der Waals surface area contributed by atoms with Crippen LogP contribution in [0, 0.1) is 22.7 Å². The topological polar surface area (TPSA) is 62.4 Å². The van der Waals surface area contributed by atoms with E-state index in [9.17, 15) is 10.5 Å². The van der Waals surface area contributed by atoms with Gasteiger partial charge in [-0.05, 0) is 119 Å². The van der Waals surface area contributed by atoms with Crippen molar-refractivity contribution in [3.05, 3.63) is 211 Å².